The highest BCUT2D eigenvalue weighted by Crippen LogP contribution is 2.18. The van der Waals surface area contributed by atoms with Crippen molar-refractivity contribution >= 4 is 34.4 Å². The standard InChI is InChI=1S/C18H18ClNO5/c1-11-3-2-6-20(9-11)17(22)10-24-18(23)16-8-14(21)13-7-12(19)4-5-15(13)25-16/h4-5,7-8,11H,2-3,6,9-10H2,1H3/t11-/m1/s1. The smallest absolute Gasteiger partial charge is 0.374 e. The third-order valence-electron chi connectivity index (χ3n) is 4.23. The third kappa shape index (κ3) is 4.02. The molecule has 0 spiro atoms. The number of carbonyl (C=O) groups is 2. The number of benzene rings is 1. The van der Waals surface area contributed by atoms with Gasteiger partial charge >= 0.3 is 5.97 Å². The Bertz CT molecular complexity index is 875. The van der Waals surface area contributed by atoms with Crippen LogP contribution < -0.4 is 5.43 Å². The number of rotatable bonds is 3. The van der Waals surface area contributed by atoms with Gasteiger partial charge in [-0.3, -0.25) is 9.59 Å². The maximum absolute atomic E-state index is 12.1. The number of amides is 1. The van der Waals surface area contributed by atoms with E-state index in [1.807, 2.05) is 0 Å². The lowest BCUT2D eigenvalue weighted by atomic mass is 10.0. The zero-order valence-corrected chi connectivity index (χ0v) is 14.5. The van der Waals surface area contributed by atoms with Crippen molar-refractivity contribution in [2.24, 2.45) is 5.92 Å². The summed E-state index contributed by atoms with van der Waals surface area (Å²) in [4.78, 5) is 38.0. The molecule has 7 heteroatoms. The molecular formula is C18H18ClNO5. The highest BCUT2D eigenvalue weighted by molar-refractivity contribution is 6.31. The Morgan fingerprint density at radius 2 is 2.16 bits per heavy atom. The van der Waals surface area contributed by atoms with E-state index in [1.54, 1.807) is 11.0 Å². The van der Waals surface area contributed by atoms with Gasteiger partial charge in [-0.2, -0.15) is 0 Å². The molecule has 0 bridgehead atoms. The van der Waals surface area contributed by atoms with Crippen LogP contribution >= 0.6 is 11.6 Å². The molecule has 0 aliphatic carbocycles. The predicted molar refractivity (Wildman–Crippen MR) is 92.8 cm³/mol. The van der Waals surface area contributed by atoms with Crippen molar-refractivity contribution in [1.29, 1.82) is 0 Å². The molecule has 132 valence electrons. The fourth-order valence-electron chi connectivity index (χ4n) is 2.93. The first kappa shape index (κ1) is 17.5. The van der Waals surface area contributed by atoms with Gasteiger partial charge in [0.25, 0.3) is 5.91 Å². The minimum atomic E-state index is -0.840. The summed E-state index contributed by atoms with van der Waals surface area (Å²) < 4.78 is 10.4. The maximum Gasteiger partial charge on any atom is 0.374 e. The number of hydrogen-bond donors (Lipinski definition) is 0. The lowest BCUT2D eigenvalue weighted by Gasteiger charge is -2.30. The number of piperidine rings is 1. The number of nitrogens with zero attached hydrogens (tertiary/aromatic N) is 1. The van der Waals surface area contributed by atoms with Crippen LogP contribution in [0.4, 0.5) is 0 Å². The molecule has 3 rings (SSSR count). The van der Waals surface area contributed by atoms with Gasteiger partial charge in [0, 0.05) is 24.2 Å². The highest BCUT2D eigenvalue weighted by Gasteiger charge is 2.23. The molecular weight excluding hydrogens is 346 g/mol. The molecule has 0 saturated carbocycles. The Hall–Kier alpha value is -2.34. The molecule has 0 radical (unpaired) electrons. The molecule has 1 aliphatic heterocycles. The highest BCUT2D eigenvalue weighted by atomic mass is 35.5. The van der Waals surface area contributed by atoms with Crippen LogP contribution in [0.5, 0.6) is 0 Å². The molecule has 1 aromatic carbocycles. The molecule has 1 aliphatic rings. The zero-order chi connectivity index (χ0) is 18.0. The molecule has 1 atom stereocenters. The summed E-state index contributed by atoms with van der Waals surface area (Å²) in [6, 6.07) is 5.59. The fourth-order valence-corrected chi connectivity index (χ4v) is 3.11. The van der Waals surface area contributed by atoms with Gasteiger partial charge in [0.05, 0.1) is 5.39 Å². The Kier molecular flexibility index (Phi) is 5.08. The van der Waals surface area contributed by atoms with Gasteiger partial charge in [0.15, 0.2) is 12.0 Å². The van der Waals surface area contributed by atoms with Crippen molar-refractivity contribution in [1.82, 2.24) is 4.90 Å². The van der Waals surface area contributed by atoms with Gasteiger partial charge in [-0.15, -0.1) is 0 Å². The van der Waals surface area contributed by atoms with Crippen LogP contribution in [0.15, 0.2) is 33.5 Å². The second-order valence-electron chi connectivity index (χ2n) is 6.28. The van der Waals surface area contributed by atoms with Crippen molar-refractivity contribution in [2.45, 2.75) is 19.8 Å². The average Bonchev–Trinajstić information content (AvgIpc) is 2.59. The summed E-state index contributed by atoms with van der Waals surface area (Å²) in [5, 5.41) is 0.680. The molecule has 2 aromatic rings. The van der Waals surface area contributed by atoms with E-state index >= 15 is 0 Å². The van der Waals surface area contributed by atoms with Crippen molar-refractivity contribution < 1.29 is 18.7 Å². The van der Waals surface area contributed by atoms with Crippen LogP contribution in [0.3, 0.4) is 0 Å². The van der Waals surface area contributed by atoms with Crippen LogP contribution in [0.1, 0.15) is 30.3 Å². The third-order valence-corrected chi connectivity index (χ3v) is 4.46. The average molecular weight is 364 g/mol. The zero-order valence-electron chi connectivity index (χ0n) is 13.8. The number of halogens is 1. The van der Waals surface area contributed by atoms with Crippen molar-refractivity contribution in [3.63, 3.8) is 0 Å². The topological polar surface area (TPSA) is 76.8 Å². The largest absolute Gasteiger partial charge is 0.450 e. The minimum absolute atomic E-state index is 0.236. The van der Waals surface area contributed by atoms with Gasteiger partial charge in [0.2, 0.25) is 5.76 Å². The number of esters is 1. The molecule has 0 unspecified atom stereocenters. The lowest BCUT2D eigenvalue weighted by molar-refractivity contribution is -0.136. The first-order valence-electron chi connectivity index (χ1n) is 8.12. The molecule has 6 nitrogen and oxygen atoms in total. The molecule has 1 fully saturated rings. The van der Waals surface area contributed by atoms with Crippen LogP contribution in [-0.4, -0.2) is 36.5 Å². The van der Waals surface area contributed by atoms with Gasteiger partial charge in [-0.25, -0.2) is 4.79 Å². The first-order valence-corrected chi connectivity index (χ1v) is 8.50. The van der Waals surface area contributed by atoms with E-state index in [4.69, 9.17) is 20.8 Å². The minimum Gasteiger partial charge on any atom is -0.450 e. The van der Waals surface area contributed by atoms with Crippen LogP contribution in [-0.2, 0) is 9.53 Å². The lowest BCUT2D eigenvalue weighted by Crippen LogP contribution is -2.41. The number of hydrogen-bond acceptors (Lipinski definition) is 5. The van der Waals surface area contributed by atoms with Crippen molar-refractivity contribution in [3.8, 4) is 0 Å². The van der Waals surface area contributed by atoms with E-state index in [0.717, 1.165) is 18.9 Å². The summed E-state index contributed by atoms with van der Waals surface area (Å²) in [5.41, 5.74) is -0.160. The Balaban J connectivity index is 1.69. The van der Waals surface area contributed by atoms with E-state index in [1.165, 1.54) is 12.1 Å². The molecule has 25 heavy (non-hydrogen) atoms. The second kappa shape index (κ2) is 7.27. The summed E-state index contributed by atoms with van der Waals surface area (Å²) >= 11 is 5.85. The molecule has 1 aromatic heterocycles. The first-order chi connectivity index (χ1) is 11.9. The van der Waals surface area contributed by atoms with Crippen LogP contribution in [0.25, 0.3) is 11.0 Å². The summed E-state index contributed by atoms with van der Waals surface area (Å²) in [6.45, 7) is 3.06. The monoisotopic (exact) mass is 363 g/mol. The Labute approximate surface area is 149 Å². The normalized spacial score (nSPS) is 17.5. The van der Waals surface area contributed by atoms with E-state index in [0.29, 0.717) is 24.0 Å². The predicted octanol–water partition coefficient (Wildman–Crippen LogP) is 2.86. The maximum atomic E-state index is 12.1. The molecule has 1 amide bonds. The molecule has 1 saturated heterocycles. The summed E-state index contributed by atoms with van der Waals surface area (Å²) in [7, 11) is 0. The van der Waals surface area contributed by atoms with E-state index in [9.17, 15) is 14.4 Å². The summed E-state index contributed by atoms with van der Waals surface area (Å²) in [5.74, 6) is -0.874. The Morgan fingerprint density at radius 1 is 1.36 bits per heavy atom. The van der Waals surface area contributed by atoms with E-state index in [2.05, 4.69) is 6.92 Å². The van der Waals surface area contributed by atoms with E-state index in [-0.39, 0.29) is 29.2 Å². The van der Waals surface area contributed by atoms with E-state index < -0.39 is 11.4 Å². The number of ether oxygens (including phenoxy) is 1. The number of carbonyl (C=O) groups excluding carboxylic acids is 2. The molecule has 0 N–H and O–H groups in total. The van der Waals surface area contributed by atoms with Crippen molar-refractivity contribution in [2.75, 3.05) is 19.7 Å². The van der Waals surface area contributed by atoms with Gasteiger partial charge < -0.3 is 14.1 Å². The second-order valence-corrected chi connectivity index (χ2v) is 6.72. The van der Waals surface area contributed by atoms with Crippen molar-refractivity contribution in [3.05, 3.63) is 45.3 Å². The molecule has 2 heterocycles. The number of fused-ring (bicyclic) bond motifs is 1. The number of likely N-dealkylation sites (tertiary alicyclic amines) is 1. The quantitative estimate of drug-likeness (QED) is 0.784. The van der Waals surface area contributed by atoms with Gasteiger partial charge in [-0.05, 0) is 37.0 Å². The summed E-state index contributed by atoms with van der Waals surface area (Å²) in [6.07, 6.45) is 2.04. The SMILES string of the molecule is C[C@@H]1CCCN(C(=O)COC(=O)c2cc(=O)c3cc(Cl)ccc3o2)C1. The van der Waals surface area contributed by atoms with Gasteiger partial charge in [-0.1, -0.05) is 18.5 Å². The van der Waals surface area contributed by atoms with Crippen LogP contribution in [0, 0.1) is 5.92 Å². The Morgan fingerprint density at radius 3 is 2.92 bits per heavy atom. The fraction of sp³-hybridized carbons (Fsp3) is 0.389. The van der Waals surface area contributed by atoms with Crippen LogP contribution in [0.2, 0.25) is 5.02 Å². The van der Waals surface area contributed by atoms with Gasteiger partial charge in [0.1, 0.15) is 5.58 Å².